The molecule has 0 bridgehead atoms. The average Bonchev–Trinajstić information content (AvgIpc) is 1.59. The minimum atomic E-state index is -0.788. The molecular weight excluding hydrogens is 1450 g/mol. The van der Waals surface area contributed by atoms with Crippen molar-refractivity contribution in [2.45, 2.75) is 252 Å². The molecule has 10 rings (SSSR count). The zero-order chi connectivity index (χ0) is 79.0. The molecule has 3 aromatic heterocycles. The van der Waals surface area contributed by atoms with E-state index in [1.807, 2.05) is 139 Å². The van der Waals surface area contributed by atoms with E-state index >= 15 is 0 Å². The second-order valence-corrected chi connectivity index (χ2v) is 34.8. The van der Waals surface area contributed by atoms with Crippen molar-refractivity contribution < 1.29 is 53.2 Å². The predicted molar refractivity (Wildman–Crippen MR) is 429 cm³/mol. The number of benzene rings is 3. The van der Waals surface area contributed by atoms with Crippen LogP contribution in [0, 0.1) is 21.3 Å². The molecule has 0 aliphatic carbocycles. The third-order valence-electron chi connectivity index (χ3n) is 22.6. The number of aromatic nitrogens is 3. The number of aryl methyl sites for hydroxylation is 3. The van der Waals surface area contributed by atoms with Crippen molar-refractivity contribution in [3.63, 3.8) is 0 Å². The maximum atomic E-state index is 13.1. The van der Waals surface area contributed by atoms with E-state index in [1.165, 1.54) is 0 Å². The zero-order valence-electron chi connectivity index (χ0n) is 67.0. The van der Waals surface area contributed by atoms with Gasteiger partial charge in [-0.1, -0.05) is 114 Å². The van der Waals surface area contributed by atoms with Crippen molar-refractivity contribution in [3.8, 4) is 22.3 Å². The lowest BCUT2D eigenvalue weighted by Gasteiger charge is -2.46. The topological polar surface area (TPSA) is 234 Å². The third kappa shape index (κ3) is 22.1. The van der Waals surface area contributed by atoms with Crippen molar-refractivity contribution in [1.29, 1.82) is 0 Å². The summed E-state index contributed by atoms with van der Waals surface area (Å²) in [5.74, 6) is 0.522. The number of halogens is 1. The van der Waals surface area contributed by atoms with E-state index < -0.39 is 40.7 Å². The van der Waals surface area contributed by atoms with E-state index in [2.05, 4.69) is 64.1 Å². The lowest BCUT2D eigenvalue weighted by molar-refractivity contribution is -0.0970. The number of carbonyl (C=O) groups excluding carboxylic acids is 3. The van der Waals surface area contributed by atoms with Gasteiger partial charge >= 0.3 is 25.4 Å². The predicted octanol–water partition coefficient (Wildman–Crippen LogP) is 15.6. The van der Waals surface area contributed by atoms with Crippen LogP contribution in [0.15, 0.2) is 142 Å². The van der Waals surface area contributed by atoms with Gasteiger partial charge in [0, 0.05) is 100 Å². The number of pyridine rings is 3. The highest BCUT2D eigenvalue weighted by molar-refractivity contribution is 14.1. The molecule has 0 saturated carbocycles. The first-order valence-electron chi connectivity index (χ1n) is 37.6. The number of ether oxygens (including phenoxy) is 3. The van der Waals surface area contributed by atoms with E-state index in [1.54, 1.807) is 128 Å². The highest BCUT2D eigenvalue weighted by atomic mass is 127. The Bertz CT molecular complexity index is 3950. The van der Waals surface area contributed by atoms with Gasteiger partial charge < -0.3 is 67.2 Å². The highest BCUT2D eigenvalue weighted by Crippen LogP contribution is 2.44. The van der Waals surface area contributed by atoms with E-state index in [9.17, 15) is 44.1 Å². The standard InChI is InChI=1S/C26H42BNO5.2C26H36N2O4.C6H6INO/c1-18(2)26(15-14-23(4,5)30)16-17-28(22(29)31-26)19(3)20-10-12-21(13-11-20)27-32-24(6,7)25(8,9)33-27;2*1-18(2)26(13-12-25(4,5)31)14-16-28(24(30)32-26)19(3)20-7-9-21(10-8-20)22-11-15-27(6)23(29)17-22;1-8-3-2-5(7)4-6(8)9/h10-13,18-19,30H,14-17H2,1-9H3;2*7-11,15,17-19,31H,12-14,16H2,1-6H3;2-4H,1H3/t19-,26?;19-,26+;19-,26-;/m000./s1. The van der Waals surface area contributed by atoms with Gasteiger partial charge in [-0.2, -0.15) is 0 Å². The Hall–Kier alpha value is -7.09. The molecule has 4 aliphatic heterocycles. The molecule has 20 nitrogen and oxygen atoms in total. The fourth-order valence-electron chi connectivity index (χ4n) is 13.6. The summed E-state index contributed by atoms with van der Waals surface area (Å²) in [6, 6.07) is 34.3. The quantitative estimate of drug-likeness (QED) is 0.0346. The van der Waals surface area contributed by atoms with Gasteiger partial charge in [0.05, 0.1) is 46.1 Å². The molecular formula is C84H120BIN6O14. The molecule has 3 N–H and O–H groups in total. The molecule has 1 unspecified atom stereocenters. The molecule has 3 aromatic carbocycles. The fraction of sp³-hybridized carbons (Fsp3) is 0.571. The van der Waals surface area contributed by atoms with Crippen molar-refractivity contribution in [2.24, 2.45) is 38.9 Å². The molecule has 4 fully saturated rings. The average molecular weight is 1580 g/mol. The Balaban J connectivity index is 0.000000209. The highest BCUT2D eigenvalue weighted by Gasteiger charge is 2.52. The van der Waals surface area contributed by atoms with Crippen molar-refractivity contribution in [1.82, 2.24) is 28.4 Å². The lowest BCUT2D eigenvalue weighted by atomic mass is 9.78. The first kappa shape index (κ1) is 86.2. The molecule has 0 spiro atoms. The van der Waals surface area contributed by atoms with E-state index in [0.717, 1.165) is 67.2 Å². The lowest BCUT2D eigenvalue weighted by Crippen LogP contribution is -2.53. The number of nitrogens with zero attached hydrogens (tertiary/aromatic N) is 6. The number of rotatable bonds is 21. The summed E-state index contributed by atoms with van der Waals surface area (Å²) in [6.07, 6.45) is 10.3. The maximum absolute atomic E-state index is 13.1. The molecule has 22 heteroatoms. The number of amides is 3. The van der Waals surface area contributed by atoms with Crippen LogP contribution in [0.4, 0.5) is 14.4 Å². The van der Waals surface area contributed by atoms with Crippen LogP contribution in [0.1, 0.15) is 224 Å². The zero-order valence-corrected chi connectivity index (χ0v) is 69.2. The maximum Gasteiger partial charge on any atom is 0.494 e. The summed E-state index contributed by atoms with van der Waals surface area (Å²) in [5.41, 5.74) is 2.93. The van der Waals surface area contributed by atoms with Gasteiger partial charge in [0.15, 0.2) is 0 Å². The Labute approximate surface area is 643 Å². The second kappa shape index (κ2) is 34.7. The van der Waals surface area contributed by atoms with Gasteiger partial charge in [-0.3, -0.25) is 14.4 Å². The summed E-state index contributed by atoms with van der Waals surface area (Å²) in [5, 5.41) is 30.5. The Morgan fingerprint density at radius 1 is 0.415 bits per heavy atom. The van der Waals surface area contributed by atoms with Crippen LogP contribution in [0.25, 0.3) is 22.3 Å². The summed E-state index contributed by atoms with van der Waals surface area (Å²) >= 11 is 2.11. The molecule has 0 radical (unpaired) electrons. The molecule has 4 aliphatic rings. The molecule has 6 atom stereocenters. The molecule has 106 heavy (non-hydrogen) atoms. The van der Waals surface area contributed by atoms with Crippen molar-refractivity contribution in [3.05, 3.63) is 179 Å². The number of hydrogen-bond donors (Lipinski definition) is 3. The van der Waals surface area contributed by atoms with E-state index in [-0.39, 0.29) is 82.0 Å². The minimum absolute atomic E-state index is 0.0434. The Morgan fingerprint density at radius 2 is 0.689 bits per heavy atom. The number of hydrogen-bond acceptors (Lipinski definition) is 14. The smallest absolute Gasteiger partial charge is 0.442 e. The van der Waals surface area contributed by atoms with Crippen LogP contribution in [0.3, 0.4) is 0 Å². The van der Waals surface area contributed by atoms with Crippen LogP contribution in [0.5, 0.6) is 0 Å². The molecule has 3 amide bonds. The van der Waals surface area contributed by atoms with Crippen molar-refractivity contribution >= 4 is 53.5 Å². The van der Waals surface area contributed by atoms with Crippen molar-refractivity contribution in [2.75, 3.05) is 19.6 Å². The second-order valence-electron chi connectivity index (χ2n) is 33.6. The Kier molecular flexibility index (Phi) is 28.2. The van der Waals surface area contributed by atoms with Gasteiger partial charge in [0.2, 0.25) is 0 Å². The van der Waals surface area contributed by atoms with Gasteiger partial charge in [0.1, 0.15) is 16.8 Å². The van der Waals surface area contributed by atoms with E-state index in [4.69, 9.17) is 23.5 Å². The van der Waals surface area contributed by atoms with Crippen LogP contribution < -0.4 is 22.1 Å². The summed E-state index contributed by atoms with van der Waals surface area (Å²) < 4.78 is 36.1. The summed E-state index contributed by atoms with van der Waals surface area (Å²) in [6.45, 7) is 39.3. The first-order chi connectivity index (χ1) is 49.1. The van der Waals surface area contributed by atoms with Crippen LogP contribution in [0.2, 0.25) is 0 Å². The van der Waals surface area contributed by atoms with Gasteiger partial charge in [-0.05, 0) is 231 Å². The molecule has 580 valence electrons. The largest absolute Gasteiger partial charge is 0.494 e. The molecule has 6 aromatic rings. The Morgan fingerprint density at radius 3 is 0.934 bits per heavy atom. The van der Waals surface area contributed by atoms with Gasteiger partial charge in [0.25, 0.3) is 16.7 Å². The number of cyclic esters (lactones) is 3. The molecule has 7 heterocycles. The molecule has 4 saturated heterocycles. The normalized spacial score (nSPS) is 21.2. The first-order valence-corrected chi connectivity index (χ1v) is 38.7. The summed E-state index contributed by atoms with van der Waals surface area (Å²) in [7, 11) is 4.79. The minimum Gasteiger partial charge on any atom is -0.442 e. The van der Waals surface area contributed by atoms with Gasteiger partial charge in [-0.15, -0.1) is 0 Å². The van der Waals surface area contributed by atoms with Crippen LogP contribution in [-0.2, 0) is 44.7 Å². The third-order valence-corrected chi connectivity index (χ3v) is 23.3. The SMILES string of the molecule is CC(C)C1(CCC(C)(C)O)CCN([C@@H](C)c2ccc(B3OC(C)(C)C(C)(C)O3)cc2)C(=O)O1.CC(C)[C@@]1(CCC(C)(C)O)CCN([C@@H](C)c2ccc(-c3ccn(C)c(=O)c3)cc2)C(=O)O1.CC(C)[C@]1(CCC(C)(C)O)CCN([C@@H](C)c2ccc(-c3ccn(C)c(=O)c3)cc2)C(=O)O1.Cn1ccc(I)cc1=O. The van der Waals surface area contributed by atoms with Gasteiger partial charge in [-0.25, -0.2) is 14.4 Å². The summed E-state index contributed by atoms with van der Waals surface area (Å²) in [4.78, 5) is 79.1. The monoisotopic (exact) mass is 1570 g/mol. The number of carbonyl (C=O) groups is 3. The van der Waals surface area contributed by atoms with E-state index in [0.29, 0.717) is 58.2 Å². The van der Waals surface area contributed by atoms with Crippen LogP contribution in [-0.4, -0.2) is 134 Å². The van der Waals surface area contributed by atoms with Crippen LogP contribution >= 0.6 is 22.6 Å². The number of aliphatic hydroxyl groups is 3. The fourth-order valence-corrected chi connectivity index (χ4v) is 14.0.